The lowest BCUT2D eigenvalue weighted by molar-refractivity contribution is 0.393. The predicted molar refractivity (Wildman–Crippen MR) is 76.5 cm³/mol. The highest BCUT2D eigenvalue weighted by molar-refractivity contribution is 7.99. The Hall–Kier alpha value is -0.970. The van der Waals surface area contributed by atoms with Crippen LogP contribution in [0.3, 0.4) is 0 Å². The van der Waals surface area contributed by atoms with Crippen molar-refractivity contribution in [1.82, 2.24) is 9.97 Å². The smallest absolute Gasteiger partial charge is 0.221 e. The maximum absolute atomic E-state index is 5.23. The second-order valence-electron chi connectivity index (χ2n) is 4.53. The molecule has 1 aliphatic rings. The first kappa shape index (κ1) is 13.5. The standard InChI is InChI=1S/C13H21N3OS/c1-4-18-11-7-5-6-10(11)16-12-9(2)13(17-3)15-8-14-12/h8,10-11H,4-7H2,1-3H3,(H,14,15,16). The summed E-state index contributed by atoms with van der Waals surface area (Å²) in [7, 11) is 1.64. The van der Waals surface area contributed by atoms with Crippen LogP contribution in [-0.4, -0.2) is 34.1 Å². The van der Waals surface area contributed by atoms with Gasteiger partial charge in [-0.25, -0.2) is 9.97 Å². The number of nitrogens with zero attached hydrogens (tertiary/aromatic N) is 2. The van der Waals surface area contributed by atoms with Crippen molar-refractivity contribution in [3.63, 3.8) is 0 Å². The third kappa shape index (κ3) is 2.88. The van der Waals surface area contributed by atoms with Crippen LogP contribution in [-0.2, 0) is 0 Å². The van der Waals surface area contributed by atoms with Gasteiger partial charge in [0.15, 0.2) is 0 Å². The van der Waals surface area contributed by atoms with Crippen molar-refractivity contribution in [3.05, 3.63) is 11.9 Å². The molecule has 18 heavy (non-hydrogen) atoms. The quantitative estimate of drug-likeness (QED) is 0.889. The number of aromatic nitrogens is 2. The Morgan fingerprint density at radius 1 is 1.44 bits per heavy atom. The number of anilines is 1. The van der Waals surface area contributed by atoms with Crippen molar-refractivity contribution in [2.45, 2.75) is 44.4 Å². The van der Waals surface area contributed by atoms with E-state index < -0.39 is 0 Å². The number of methoxy groups -OCH3 is 1. The van der Waals surface area contributed by atoms with Gasteiger partial charge in [-0.15, -0.1) is 0 Å². The third-order valence-electron chi connectivity index (χ3n) is 3.39. The molecular formula is C13H21N3OS. The van der Waals surface area contributed by atoms with E-state index in [0.717, 1.165) is 11.4 Å². The number of rotatable bonds is 5. The molecule has 0 saturated heterocycles. The van der Waals surface area contributed by atoms with Crippen LogP contribution in [0.1, 0.15) is 31.7 Å². The molecule has 0 bridgehead atoms. The van der Waals surface area contributed by atoms with E-state index in [1.807, 2.05) is 18.7 Å². The van der Waals surface area contributed by atoms with Gasteiger partial charge in [-0.3, -0.25) is 0 Å². The molecular weight excluding hydrogens is 246 g/mol. The molecule has 1 saturated carbocycles. The summed E-state index contributed by atoms with van der Waals surface area (Å²) in [4.78, 5) is 8.44. The van der Waals surface area contributed by atoms with Crippen molar-refractivity contribution < 1.29 is 4.74 Å². The number of ether oxygens (including phenoxy) is 1. The molecule has 4 nitrogen and oxygen atoms in total. The van der Waals surface area contributed by atoms with Gasteiger partial charge in [-0.2, -0.15) is 11.8 Å². The summed E-state index contributed by atoms with van der Waals surface area (Å²) in [6.45, 7) is 4.22. The van der Waals surface area contributed by atoms with Crippen molar-refractivity contribution in [2.75, 3.05) is 18.2 Å². The molecule has 1 N–H and O–H groups in total. The molecule has 0 aromatic carbocycles. The zero-order valence-corrected chi connectivity index (χ0v) is 12.1. The fourth-order valence-electron chi connectivity index (χ4n) is 2.47. The minimum atomic E-state index is 0.522. The summed E-state index contributed by atoms with van der Waals surface area (Å²) in [6.07, 6.45) is 5.39. The van der Waals surface area contributed by atoms with Gasteiger partial charge in [0.05, 0.1) is 12.7 Å². The van der Waals surface area contributed by atoms with Gasteiger partial charge in [0.25, 0.3) is 0 Å². The van der Waals surface area contributed by atoms with Crippen molar-refractivity contribution in [1.29, 1.82) is 0 Å². The summed E-state index contributed by atoms with van der Waals surface area (Å²) in [6, 6.07) is 0.522. The molecule has 1 aromatic heterocycles. The van der Waals surface area contributed by atoms with Gasteiger partial charge in [-0.05, 0) is 25.5 Å². The number of hydrogen-bond donors (Lipinski definition) is 1. The van der Waals surface area contributed by atoms with Crippen LogP contribution in [0.25, 0.3) is 0 Å². The van der Waals surface area contributed by atoms with E-state index >= 15 is 0 Å². The Morgan fingerprint density at radius 2 is 2.28 bits per heavy atom. The molecule has 1 fully saturated rings. The summed E-state index contributed by atoms with van der Waals surface area (Å²) in [5, 5.41) is 4.27. The molecule has 2 rings (SSSR count). The molecule has 0 amide bonds. The average Bonchev–Trinajstić information content (AvgIpc) is 2.80. The molecule has 5 heteroatoms. The van der Waals surface area contributed by atoms with Crippen molar-refractivity contribution in [3.8, 4) is 5.88 Å². The third-order valence-corrected chi connectivity index (χ3v) is 4.71. The highest BCUT2D eigenvalue weighted by atomic mass is 32.2. The fraction of sp³-hybridized carbons (Fsp3) is 0.692. The van der Waals surface area contributed by atoms with Crippen LogP contribution < -0.4 is 10.1 Å². The van der Waals surface area contributed by atoms with Crippen LogP contribution in [0, 0.1) is 6.92 Å². The molecule has 1 aliphatic carbocycles. The monoisotopic (exact) mass is 267 g/mol. The highest BCUT2D eigenvalue weighted by Gasteiger charge is 2.27. The zero-order chi connectivity index (χ0) is 13.0. The van der Waals surface area contributed by atoms with Crippen molar-refractivity contribution >= 4 is 17.6 Å². The van der Waals surface area contributed by atoms with Gasteiger partial charge in [0.1, 0.15) is 12.1 Å². The molecule has 0 aliphatic heterocycles. The van der Waals surface area contributed by atoms with Gasteiger partial charge < -0.3 is 10.1 Å². The molecule has 0 spiro atoms. The lowest BCUT2D eigenvalue weighted by Crippen LogP contribution is -2.27. The molecule has 0 radical (unpaired) electrons. The Kier molecular flexibility index (Phi) is 4.69. The normalized spacial score (nSPS) is 23.1. The number of hydrogen-bond acceptors (Lipinski definition) is 5. The first-order valence-electron chi connectivity index (χ1n) is 6.50. The Bertz CT molecular complexity index is 400. The SMILES string of the molecule is CCSC1CCCC1Nc1ncnc(OC)c1C. The van der Waals surface area contributed by atoms with E-state index in [-0.39, 0.29) is 0 Å². The largest absolute Gasteiger partial charge is 0.481 e. The second-order valence-corrected chi connectivity index (χ2v) is 6.05. The Labute approximate surface area is 113 Å². The van der Waals surface area contributed by atoms with E-state index in [9.17, 15) is 0 Å². The van der Waals surface area contributed by atoms with Gasteiger partial charge in [-0.1, -0.05) is 13.3 Å². The fourth-order valence-corrected chi connectivity index (χ4v) is 3.66. The maximum atomic E-state index is 5.23. The summed E-state index contributed by atoms with van der Waals surface area (Å²) in [5.74, 6) is 2.75. The topological polar surface area (TPSA) is 47.0 Å². The highest BCUT2D eigenvalue weighted by Crippen LogP contribution is 2.32. The molecule has 100 valence electrons. The van der Waals surface area contributed by atoms with Crippen LogP contribution in [0.2, 0.25) is 0 Å². The van der Waals surface area contributed by atoms with E-state index in [1.54, 1.807) is 13.4 Å². The number of thioether (sulfide) groups is 1. The van der Waals surface area contributed by atoms with Crippen molar-refractivity contribution in [2.24, 2.45) is 0 Å². The minimum absolute atomic E-state index is 0.522. The van der Waals surface area contributed by atoms with Crippen LogP contribution in [0.4, 0.5) is 5.82 Å². The van der Waals surface area contributed by atoms with Crippen LogP contribution in [0.5, 0.6) is 5.88 Å². The van der Waals surface area contributed by atoms with Crippen LogP contribution >= 0.6 is 11.8 Å². The van der Waals surface area contributed by atoms with E-state index in [0.29, 0.717) is 17.2 Å². The molecule has 1 heterocycles. The van der Waals surface area contributed by atoms with Gasteiger partial charge in [0.2, 0.25) is 5.88 Å². The minimum Gasteiger partial charge on any atom is -0.481 e. The van der Waals surface area contributed by atoms with Crippen LogP contribution in [0.15, 0.2) is 6.33 Å². The molecule has 1 aromatic rings. The maximum Gasteiger partial charge on any atom is 0.221 e. The molecule has 2 atom stereocenters. The first-order valence-corrected chi connectivity index (χ1v) is 7.54. The predicted octanol–water partition coefficient (Wildman–Crippen LogP) is 2.88. The van der Waals surface area contributed by atoms with E-state index in [2.05, 4.69) is 22.2 Å². The lowest BCUT2D eigenvalue weighted by atomic mass is 10.2. The number of nitrogens with one attached hydrogen (secondary N) is 1. The Morgan fingerprint density at radius 3 is 3.00 bits per heavy atom. The average molecular weight is 267 g/mol. The summed E-state index contributed by atoms with van der Waals surface area (Å²) < 4.78 is 5.23. The summed E-state index contributed by atoms with van der Waals surface area (Å²) in [5.41, 5.74) is 0.993. The first-order chi connectivity index (χ1) is 8.76. The lowest BCUT2D eigenvalue weighted by Gasteiger charge is -2.21. The second kappa shape index (κ2) is 6.27. The van der Waals surface area contributed by atoms with Gasteiger partial charge >= 0.3 is 0 Å². The van der Waals surface area contributed by atoms with Gasteiger partial charge in [0, 0.05) is 11.3 Å². The Balaban J connectivity index is 2.09. The summed E-state index contributed by atoms with van der Waals surface area (Å²) >= 11 is 2.04. The van der Waals surface area contributed by atoms with E-state index in [4.69, 9.17) is 4.74 Å². The van der Waals surface area contributed by atoms with E-state index in [1.165, 1.54) is 25.0 Å². The molecule has 2 unspecified atom stereocenters. The zero-order valence-electron chi connectivity index (χ0n) is 11.3.